The molecular formula is C14H13F3N2O4. The van der Waals surface area contributed by atoms with Crippen LogP contribution in [-0.4, -0.2) is 22.6 Å². The molecule has 0 bridgehead atoms. The Bertz CT molecular complexity index is 723. The maximum absolute atomic E-state index is 12.9. The summed E-state index contributed by atoms with van der Waals surface area (Å²) in [6.45, 7) is 2.75. The molecule has 0 aromatic heterocycles. The van der Waals surface area contributed by atoms with Crippen LogP contribution in [0.25, 0.3) is 5.57 Å². The number of carbonyl (C=O) groups is 1. The van der Waals surface area contributed by atoms with Gasteiger partial charge < -0.3 is 10.5 Å². The van der Waals surface area contributed by atoms with Crippen molar-refractivity contribution in [2.24, 2.45) is 5.73 Å². The highest BCUT2D eigenvalue weighted by Gasteiger charge is 2.43. The average molecular weight is 330 g/mol. The van der Waals surface area contributed by atoms with Crippen molar-refractivity contribution in [3.05, 3.63) is 39.4 Å². The van der Waals surface area contributed by atoms with Gasteiger partial charge in [0.2, 0.25) is 5.91 Å². The van der Waals surface area contributed by atoms with Crippen molar-refractivity contribution >= 4 is 17.2 Å². The number of hydrogen-bond acceptors (Lipinski definition) is 4. The van der Waals surface area contributed by atoms with E-state index < -0.39 is 34.6 Å². The Morgan fingerprint density at radius 1 is 1.39 bits per heavy atom. The number of halogens is 3. The molecule has 0 spiro atoms. The van der Waals surface area contributed by atoms with Crippen LogP contribution in [0, 0.1) is 10.1 Å². The first kappa shape index (κ1) is 16.8. The zero-order chi connectivity index (χ0) is 17.6. The summed E-state index contributed by atoms with van der Waals surface area (Å²) >= 11 is 0. The number of nitrogens with zero attached hydrogens (tertiary/aromatic N) is 1. The fourth-order valence-corrected chi connectivity index (χ4v) is 2.50. The number of fused-ring (bicyclic) bond motifs is 1. The van der Waals surface area contributed by atoms with E-state index >= 15 is 0 Å². The molecule has 1 amide bonds. The zero-order valence-electron chi connectivity index (χ0n) is 12.2. The van der Waals surface area contributed by atoms with Gasteiger partial charge in [-0.3, -0.25) is 14.9 Å². The SMILES string of the molecule is CC1(C)Oc2ccc([N+](=O)[O-])cc2C(C(N)=O)=C1CC(F)(F)F. The van der Waals surface area contributed by atoms with E-state index in [1.165, 1.54) is 19.9 Å². The Morgan fingerprint density at radius 3 is 2.48 bits per heavy atom. The van der Waals surface area contributed by atoms with Crippen molar-refractivity contribution in [1.82, 2.24) is 0 Å². The first-order valence-corrected chi connectivity index (χ1v) is 6.50. The van der Waals surface area contributed by atoms with E-state index in [9.17, 15) is 28.1 Å². The number of alkyl halides is 3. The Kier molecular flexibility index (Phi) is 3.83. The summed E-state index contributed by atoms with van der Waals surface area (Å²) in [4.78, 5) is 21.9. The number of hydrogen-bond donors (Lipinski definition) is 1. The molecule has 2 rings (SSSR count). The molecule has 2 N–H and O–H groups in total. The minimum Gasteiger partial charge on any atom is -0.483 e. The lowest BCUT2D eigenvalue weighted by Gasteiger charge is -2.36. The minimum atomic E-state index is -4.59. The first-order valence-electron chi connectivity index (χ1n) is 6.50. The van der Waals surface area contributed by atoms with E-state index in [0.717, 1.165) is 12.1 Å². The molecule has 0 radical (unpaired) electrons. The third kappa shape index (κ3) is 3.27. The third-order valence-corrected chi connectivity index (χ3v) is 3.46. The van der Waals surface area contributed by atoms with Gasteiger partial charge in [0.05, 0.1) is 16.9 Å². The van der Waals surface area contributed by atoms with Gasteiger partial charge in [0, 0.05) is 17.7 Å². The van der Waals surface area contributed by atoms with Crippen molar-refractivity contribution in [2.75, 3.05) is 0 Å². The van der Waals surface area contributed by atoms with Crippen molar-refractivity contribution in [3.63, 3.8) is 0 Å². The smallest absolute Gasteiger partial charge is 0.392 e. The Hall–Kier alpha value is -2.58. The second kappa shape index (κ2) is 5.25. The summed E-state index contributed by atoms with van der Waals surface area (Å²) < 4.78 is 44.1. The number of amides is 1. The molecule has 1 aromatic rings. The lowest BCUT2D eigenvalue weighted by Crippen LogP contribution is -2.39. The summed E-state index contributed by atoms with van der Waals surface area (Å²) in [5, 5.41) is 10.9. The van der Waals surface area contributed by atoms with Gasteiger partial charge in [-0.15, -0.1) is 0 Å². The maximum Gasteiger partial charge on any atom is 0.392 e. The summed E-state index contributed by atoms with van der Waals surface area (Å²) in [7, 11) is 0. The highest BCUT2D eigenvalue weighted by molar-refractivity contribution is 6.21. The molecule has 0 atom stereocenters. The minimum absolute atomic E-state index is 0.0697. The predicted molar refractivity (Wildman–Crippen MR) is 74.6 cm³/mol. The van der Waals surface area contributed by atoms with Crippen LogP contribution >= 0.6 is 0 Å². The van der Waals surface area contributed by atoms with Gasteiger partial charge in [0.1, 0.15) is 11.4 Å². The molecule has 1 aliphatic heterocycles. The summed E-state index contributed by atoms with van der Waals surface area (Å²) in [6, 6.07) is 3.37. The van der Waals surface area contributed by atoms with Gasteiger partial charge in [-0.05, 0) is 25.5 Å². The van der Waals surface area contributed by atoms with E-state index in [1.54, 1.807) is 0 Å². The molecule has 0 unspecified atom stereocenters. The van der Waals surface area contributed by atoms with E-state index in [2.05, 4.69) is 0 Å². The van der Waals surface area contributed by atoms with Crippen LogP contribution in [0.2, 0.25) is 0 Å². The number of nitrogens with two attached hydrogens (primary N) is 1. The van der Waals surface area contributed by atoms with Crippen LogP contribution in [0.5, 0.6) is 5.75 Å². The highest BCUT2D eigenvalue weighted by Crippen LogP contribution is 2.45. The van der Waals surface area contributed by atoms with E-state index in [1.807, 2.05) is 0 Å². The molecule has 0 aliphatic carbocycles. The van der Waals surface area contributed by atoms with Crippen molar-refractivity contribution in [2.45, 2.75) is 32.0 Å². The zero-order valence-corrected chi connectivity index (χ0v) is 12.2. The number of non-ortho nitro benzene ring substituents is 1. The molecule has 1 aromatic carbocycles. The van der Waals surface area contributed by atoms with Gasteiger partial charge in [0.15, 0.2) is 0 Å². The molecule has 1 heterocycles. The topological polar surface area (TPSA) is 95.5 Å². The van der Waals surface area contributed by atoms with Crippen LogP contribution < -0.4 is 10.5 Å². The molecule has 6 nitrogen and oxygen atoms in total. The van der Waals surface area contributed by atoms with Crippen LogP contribution in [0.15, 0.2) is 23.8 Å². The highest BCUT2D eigenvalue weighted by atomic mass is 19.4. The molecule has 9 heteroatoms. The number of benzene rings is 1. The quantitative estimate of drug-likeness (QED) is 0.681. The lowest BCUT2D eigenvalue weighted by atomic mass is 9.83. The van der Waals surface area contributed by atoms with Gasteiger partial charge in [-0.2, -0.15) is 13.2 Å². The molecule has 0 saturated heterocycles. The van der Waals surface area contributed by atoms with Crippen LogP contribution in [0.4, 0.5) is 18.9 Å². The van der Waals surface area contributed by atoms with E-state index in [0.29, 0.717) is 0 Å². The number of ether oxygens (including phenoxy) is 1. The molecule has 124 valence electrons. The monoisotopic (exact) mass is 330 g/mol. The lowest BCUT2D eigenvalue weighted by molar-refractivity contribution is -0.384. The van der Waals surface area contributed by atoms with Gasteiger partial charge in [-0.1, -0.05) is 0 Å². The Labute approximate surface area is 128 Å². The normalized spacial score (nSPS) is 16.6. The van der Waals surface area contributed by atoms with Crippen molar-refractivity contribution < 1.29 is 27.6 Å². The molecule has 0 saturated carbocycles. The van der Waals surface area contributed by atoms with E-state index in [-0.39, 0.29) is 22.6 Å². The molecule has 1 aliphatic rings. The van der Waals surface area contributed by atoms with Gasteiger partial charge in [0.25, 0.3) is 5.69 Å². The van der Waals surface area contributed by atoms with Crippen molar-refractivity contribution in [1.29, 1.82) is 0 Å². The van der Waals surface area contributed by atoms with Crippen LogP contribution in [-0.2, 0) is 4.79 Å². The third-order valence-electron chi connectivity index (χ3n) is 3.46. The number of nitro groups is 1. The molecule has 0 fully saturated rings. The van der Waals surface area contributed by atoms with Gasteiger partial charge in [-0.25, -0.2) is 0 Å². The molecule has 23 heavy (non-hydrogen) atoms. The second-order valence-corrected chi connectivity index (χ2v) is 5.56. The number of primary amides is 1. The summed E-state index contributed by atoms with van der Waals surface area (Å²) in [5.74, 6) is -1.03. The number of rotatable bonds is 3. The predicted octanol–water partition coefficient (Wildman–Crippen LogP) is 2.96. The second-order valence-electron chi connectivity index (χ2n) is 5.56. The largest absolute Gasteiger partial charge is 0.483 e. The van der Waals surface area contributed by atoms with Crippen LogP contribution in [0.1, 0.15) is 25.8 Å². The number of nitro benzene ring substituents is 1. The van der Waals surface area contributed by atoms with Crippen LogP contribution in [0.3, 0.4) is 0 Å². The fourth-order valence-electron chi connectivity index (χ4n) is 2.50. The summed E-state index contributed by atoms with van der Waals surface area (Å²) in [5.41, 5.74) is 2.59. The van der Waals surface area contributed by atoms with Gasteiger partial charge >= 0.3 is 6.18 Å². The average Bonchev–Trinajstić information content (AvgIpc) is 2.36. The standard InChI is InChI=1S/C14H13F3N2O4/c1-13(2)9(6-14(15,16)17)11(12(18)20)8-5-7(19(21)22)3-4-10(8)23-13/h3-5H,6H2,1-2H3,(H2,18,20). The maximum atomic E-state index is 12.9. The molecular weight excluding hydrogens is 317 g/mol. The van der Waals surface area contributed by atoms with Crippen molar-refractivity contribution in [3.8, 4) is 5.75 Å². The Balaban J connectivity index is 2.75. The summed E-state index contributed by atoms with van der Waals surface area (Å²) in [6.07, 6.45) is -5.99. The Morgan fingerprint density at radius 2 is 2.00 bits per heavy atom. The fraction of sp³-hybridized carbons (Fsp3) is 0.357. The first-order chi connectivity index (χ1) is 10.4. The van der Waals surface area contributed by atoms with E-state index in [4.69, 9.17) is 10.5 Å². The number of carbonyl (C=O) groups excluding carboxylic acids is 1.